The first-order valence-electron chi connectivity index (χ1n) is 9.53. The second-order valence-corrected chi connectivity index (χ2v) is 6.60. The summed E-state index contributed by atoms with van der Waals surface area (Å²) >= 11 is 0. The molecule has 0 fully saturated rings. The maximum Gasteiger partial charge on any atom is 0.387 e. The van der Waals surface area contributed by atoms with E-state index < -0.39 is 6.61 Å². The molecule has 3 aromatic rings. The van der Waals surface area contributed by atoms with Crippen LogP contribution in [0.15, 0.2) is 59.9 Å². The van der Waals surface area contributed by atoms with Crippen LogP contribution in [0, 0.1) is 0 Å². The highest BCUT2D eigenvalue weighted by Crippen LogP contribution is 2.38. The molecule has 0 unspecified atom stereocenters. The van der Waals surface area contributed by atoms with Crippen LogP contribution in [0.2, 0.25) is 0 Å². The van der Waals surface area contributed by atoms with Gasteiger partial charge in [0, 0.05) is 43.5 Å². The predicted molar refractivity (Wildman–Crippen MR) is 125 cm³/mol. The van der Waals surface area contributed by atoms with Crippen LogP contribution >= 0.6 is 24.0 Å². The Morgan fingerprint density at radius 3 is 2.59 bits per heavy atom. The lowest BCUT2D eigenvalue weighted by molar-refractivity contribution is -0.0505. The van der Waals surface area contributed by atoms with E-state index in [2.05, 4.69) is 25.5 Å². The van der Waals surface area contributed by atoms with Crippen molar-refractivity contribution >= 4 is 29.9 Å². The third-order valence-electron chi connectivity index (χ3n) is 4.56. The highest BCUT2D eigenvalue weighted by Gasteiger charge is 2.20. The maximum absolute atomic E-state index is 12.8. The number of aromatic nitrogens is 2. The van der Waals surface area contributed by atoms with E-state index in [1.165, 1.54) is 6.07 Å². The largest absolute Gasteiger partial charge is 0.454 e. The van der Waals surface area contributed by atoms with Crippen molar-refractivity contribution in [2.24, 2.45) is 4.99 Å². The first-order valence-corrected chi connectivity index (χ1v) is 9.53. The molecule has 2 aromatic carbocycles. The Kier molecular flexibility index (Phi) is 8.09. The summed E-state index contributed by atoms with van der Waals surface area (Å²) in [4.78, 5) is 4.17. The van der Waals surface area contributed by atoms with Gasteiger partial charge in [0.25, 0.3) is 0 Å². The Bertz CT molecular complexity index is 1060. The summed E-state index contributed by atoms with van der Waals surface area (Å²) in [5, 5.41) is 10.6. The van der Waals surface area contributed by atoms with Crippen LogP contribution in [0.5, 0.6) is 17.2 Å². The Hall–Kier alpha value is -3.09. The van der Waals surface area contributed by atoms with Gasteiger partial charge in [-0.15, -0.1) is 24.0 Å². The molecule has 0 amide bonds. The number of alkyl halides is 2. The molecule has 4 rings (SSSR count). The lowest BCUT2D eigenvalue weighted by Gasteiger charge is -2.15. The van der Waals surface area contributed by atoms with Crippen molar-refractivity contribution in [3.63, 3.8) is 0 Å². The molecule has 0 spiro atoms. The second-order valence-electron chi connectivity index (χ2n) is 6.60. The van der Waals surface area contributed by atoms with Crippen molar-refractivity contribution in [3.8, 4) is 22.9 Å². The number of guanidine groups is 1. The molecule has 32 heavy (non-hydrogen) atoms. The third-order valence-corrected chi connectivity index (χ3v) is 4.56. The van der Waals surface area contributed by atoms with Crippen LogP contribution in [0.1, 0.15) is 11.1 Å². The van der Waals surface area contributed by atoms with Crippen molar-refractivity contribution in [3.05, 3.63) is 66.0 Å². The zero-order valence-electron chi connectivity index (χ0n) is 17.1. The van der Waals surface area contributed by atoms with E-state index in [0.717, 1.165) is 11.3 Å². The quantitative estimate of drug-likeness (QED) is 0.262. The van der Waals surface area contributed by atoms with Gasteiger partial charge in [-0.3, -0.25) is 4.99 Å². The Balaban J connectivity index is 0.00000289. The molecule has 0 bridgehead atoms. The molecule has 11 heteroatoms. The van der Waals surface area contributed by atoms with Crippen molar-refractivity contribution < 1.29 is 23.0 Å². The van der Waals surface area contributed by atoms with E-state index in [4.69, 9.17) is 9.47 Å². The molecule has 2 heterocycles. The van der Waals surface area contributed by atoms with Crippen molar-refractivity contribution in [1.29, 1.82) is 0 Å². The monoisotopic (exact) mass is 557 g/mol. The van der Waals surface area contributed by atoms with Crippen molar-refractivity contribution in [2.45, 2.75) is 19.7 Å². The van der Waals surface area contributed by atoms with Gasteiger partial charge in [-0.05, 0) is 18.2 Å². The molecule has 0 atom stereocenters. The third kappa shape index (κ3) is 5.78. The van der Waals surface area contributed by atoms with E-state index in [1.54, 1.807) is 24.0 Å². The topological polar surface area (TPSA) is 81.9 Å². The number of ether oxygens (including phenoxy) is 3. The summed E-state index contributed by atoms with van der Waals surface area (Å²) in [6.45, 7) is -2.23. The minimum absolute atomic E-state index is 0. The van der Waals surface area contributed by atoms with Gasteiger partial charge in [-0.25, -0.2) is 4.68 Å². The van der Waals surface area contributed by atoms with Gasteiger partial charge in [0.15, 0.2) is 17.5 Å². The average Bonchev–Trinajstić information content (AvgIpc) is 3.43. The van der Waals surface area contributed by atoms with Gasteiger partial charge in [0.2, 0.25) is 6.79 Å². The molecule has 0 radical (unpaired) electrons. The van der Waals surface area contributed by atoms with Crippen LogP contribution in [-0.4, -0.2) is 36.2 Å². The number of nitrogens with one attached hydrogen (secondary N) is 2. The number of fused-ring (bicyclic) bond motifs is 1. The Morgan fingerprint density at radius 2 is 1.88 bits per heavy atom. The number of hydrogen-bond donors (Lipinski definition) is 2. The van der Waals surface area contributed by atoms with Gasteiger partial charge in [0.1, 0.15) is 5.75 Å². The van der Waals surface area contributed by atoms with Crippen molar-refractivity contribution in [2.75, 3.05) is 13.8 Å². The average molecular weight is 557 g/mol. The Labute approximate surface area is 200 Å². The molecule has 1 aliphatic heterocycles. The van der Waals surface area contributed by atoms with E-state index >= 15 is 0 Å². The zero-order valence-corrected chi connectivity index (χ0v) is 19.5. The molecule has 0 saturated heterocycles. The molecule has 170 valence electrons. The number of aliphatic imine (C=N–C) groups is 1. The molecule has 2 N–H and O–H groups in total. The molecule has 0 saturated carbocycles. The van der Waals surface area contributed by atoms with Gasteiger partial charge in [-0.1, -0.05) is 18.2 Å². The van der Waals surface area contributed by atoms with Gasteiger partial charge in [0.05, 0.1) is 11.9 Å². The predicted octanol–water partition coefficient (Wildman–Crippen LogP) is 3.69. The summed E-state index contributed by atoms with van der Waals surface area (Å²) in [6.07, 6.45) is 3.68. The lowest BCUT2D eigenvalue weighted by atomic mass is 10.1. The van der Waals surface area contributed by atoms with Crippen LogP contribution in [-0.2, 0) is 13.1 Å². The molecule has 1 aromatic heterocycles. The summed E-state index contributed by atoms with van der Waals surface area (Å²) in [5.41, 5.74) is 2.41. The van der Waals surface area contributed by atoms with E-state index in [9.17, 15) is 8.78 Å². The van der Waals surface area contributed by atoms with Crippen LogP contribution in [0.25, 0.3) is 5.69 Å². The smallest absolute Gasteiger partial charge is 0.387 e. The van der Waals surface area contributed by atoms with Crippen LogP contribution < -0.4 is 24.8 Å². The second kappa shape index (κ2) is 11.0. The number of nitrogens with zero attached hydrogens (tertiary/aromatic N) is 3. The highest BCUT2D eigenvalue weighted by molar-refractivity contribution is 14.0. The Morgan fingerprint density at radius 1 is 1.16 bits per heavy atom. The van der Waals surface area contributed by atoms with E-state index in [1.807, 2.05) is 36.5 Å². The maximum atomic E-state index is 12.8. The fraction of sp³-hybridized carbons (Fsp3) is 0.238. The van der Waals surface area contributed by atoms with Crippen molar-refractivity contribution in [1.82, 2.24) is 20.4 Å². The fourth-order valence-corrected chi connectivity index (χ4v) is 3.07. The molecule has 8 nitrogen and oxygen atoms in total. The van der Waals surface area contributed by atoms with Crippen LogP contribution in [0.3, 0.4) is 0 Å². The SMILES string of the molecule is CN=C(NCc1cnn(-c2ccccc2)c1)NCc1cc2c(cc1OC(F)F)OCO2.I. The first-order chi connectivity index (χ1) is 15.1. The summed E-state index contributed by atoms with van der Waals surface area (Å²) in [6, 6.07) is 12.8. The highest BCUT2D eigenvalue weighted by atomic mass is 127. The van der Waals surface area contributed by atoms with E-state index in [0.29, 0.717) is 29.6 Å². The summed E-state index contributed by atoms with van der Waals surface area (Å²) in [5.74, 6) is 1.37. The molecular formula is C21H22F2IN5O3. The molecule has 0 aliphatic carbocycles. The molecular weight excluding hydrogens is 535 g/mol. The number of benzene rings is 2. The number of halogens is 3. The number of hydrogen-bond acceptors (Lipinski definition) is 5. The molecule has 1 aliphatic rings. The van der Waals surface area contributed by atoms with Crippen LogP contribution in [0.4, 0.5) is 8.78 Å². The lowest BCUT2D eigenvalue weighted by Crippen LogP contribution is -2.36. The van der Waals surface area contributed by atoms with Gasteiger partial charge >= 0.3 is 6.61 Å². The standard InChI is InChI=1S/C21H21F2N5O3.HI/c1-24-21(25-9-14-10-27-28(12-14)16-5-3-2-4-6-16)26-11-15-7-18-19(30-13-29-18)8-17(15)31-20(22)23;/h2-8,10,12,20H,9,11,13H2,1H3,(H2,24,25,26);1H. The number of rotatable bonds is 7. The fourth-order valence-electron chi connectivity index (χ4n) is 3.07. The minimum Gasteiger partial charge on any atom is -0.454 e. The number of para-hydroxylation sites is 1. The summed E-state index contributed by atoms with van der Waals surface area (Å²) < 4.78 is 42.6. The van der Waals surface area contributed by atoms with E-state index in [-0.39, 0.29) is 43.1 Å². The summed E-state index contributed by atoms with van der Waals surface area (Å²) in [7, 11) is 1.62. The minimum atomic E-state index is -2.95. The normalized spacial score (nSPS) is 12.4. The van der Waals surface area contributed by atoms with Gasteiger partial charge in [-0.2, -0.15) is 13.9 Å². The van der Waals surface area contributed by atoms with Gasteiger partial charge < -0.3 is 24.8 Å². The first kappa shape index (κ1) is 23.6. The zero-order chi connectivity index (χ0) is 21.6.